The summed E-state index contributed by atoms with van der Waals surface area (Å²) in [4.78, 5) is 35.1. The number of fused-ring (bicyclic) bond motifs is 3. The van der Waals surface area contributed by atoms with Crippen LogP contribution in [-0.2, 0) is 16.0 Å². The summed E-state index contributed by atoms with van der Waals surface area (Å²) in [5.41, 5.74) is 8.40. The number of aromatic nitrogens is 2. The van der Waals surface area contributed by atoms with Crippen molar-refractivity contribution in [3.63, 3.8) is 0 Å². The minimum atomic E-state index is -0.832. The summed E-state index contributed by atoms with van der Waals surface area (Å²) < 4.78 is 5.76. The highest BCUT2D eigenvalue weighted by molar-refractivity contribution is 6.32. The van der Waals surface area contributed by atoms with Gasteiger partial charge in [0.25, 0.3) is 0 Å². The summed E-state index contributed by atoms with van der Waals surface area (Å²) in [5, 5.41) is 16.5. The molecular weight excluding hydrogens is 484 g/mol. The number of allylic oxidation sites excluding steroid dienone is 1. The van der Waals surface area contributed by atoms with Crippen LogP contribution in [0.2, 0.25) is 5.02 Å². The molecule has 5 atom stereocenters. The fourth-order valence-corrected chi connectivity index (χ4v) is 5.82. The minimum absolute atomic E-state index is 0.00901. The molecule has 1 unspecified atom stereocenters. The number of ether oxygens (including phenoxy) is 1. The molecule has 0 spiro atoms. The summed E-state index contributed by atoms with van der Waals surface area (Å²) in [6.45, 7) is 2.41. The zero-order chi connectivity index (χ0) is 25.6. The van der Waals surface area contributed by atoms with Gasteiger partial charge in [-0.25, -0.2) is 4.98 Å². The maximum Gasteiger partial charge on any atom is 0.309 e. The monoisotopic (exact) mass is 512 g/mol. The summed E-state index contributed by atoms with van der Waals surface area (Å²) in [6.07, 6.45) is 7.42. The minimum Gasteiger partial charge on any atom is -0.494 e. The van der Waals surface area contributed by atoms with Gasteiger partial charge in [0.1, 0.15) is 10.8 Å². The van der Waals surface area contributed by atoms with Crippen LogP contribution >= 0.6 is 11.6 Å². The van der Waals surface area contributed by atoms with E-state index in [1.807, 2.05) is 25.1 Å². The van der Waals surface area contributed by atoms with Crippen molar-refractivity contribution in [2.75, 3.05) is 29.2 Å². The Morgan fingerprint density at radius 1 is 1.33 bits per heavy atom. The summed E-state index contributed by atoms with van der Waals surface area (Å²) in [5.74, 6) is -0.123. The first kappa shape index (κ1) is 24.3. The number of carboxylic acid groups (broad SMARTS) is 1. The first-order valence-corrected chi connectivity index (χ1v) is 12.4. The van der Waals surface area contributed by atoms with E-state index in [4.69, 9.17) is 22.1 Å². The van der Waals surface area contributed by atoms with Gasteiger partial charge in [-0.15, -0.1) is 0 Å². The fraction of sp³-hybridized carbons (Fsp3) is 0.440. The molecule has 1 aromatic heterocycles. The van der Waals surface area contributed by atoms with Crippen LogP contribution in [0.15, 0.2) is 30.5 Å². The van der Waals surface area contributed by atoms with Gasteiger partial charge >= 0.3 is 5.97 Å². The average molecular weight is 513 g/mol. The number of carbonyl (C=O) groups is 2. The van der Waals surface area contributed by atoms with Gasteiger partial charge in [0.05, 0.1) is 36.6 Å². The molecule has 1 amide bonds. The van der Waals surface area contributed by atoms with Crippen LogP contribution in [0.3, 0.4) is 0 Å². The summed E-state index contributed by atoms with van der Waals surface area (Å²) in [7, 11) is 1.58. The number of rotatable bonds is 7. The number of nitrogens with one attached hydrogen (secondary N) is 2. The third kappa shape index (κ3) is 4.14. The van der Waals surface area contributed by atoms with Gasteiger partial charge < -0.3 is 31.1 Å². The summed E-state index contributed by atoms with van der Waals surface area (Å²) in [6, 6.07) is 2.81. The van der Waals surface area contributed by atoms with E-state index < -0.39 is 17.9 Å². The Morgan fingerprint density at radius 2 is 2.11 bits per heavy atom. The number of carboxylic acids is 1. The van der Waals surface area contributed by atoms with Crippen LogP contribution < -0.4 is 26.0 Å². The number of aliphatic carboxylic acids is 1. The lowest BCUT2D eigenvalue weighted by molar-refractivity contribution is -0.142. The lowest BCUT2D eigenvalue weighted by Gasteiger charge is -2.27. The topological polar surface area (TPSA) is 143 Å². The second kappa shape index (κ2) is 9.59. The number of hydrogen-bond acceptors (Lipinski definition) is 8. The number of anilines is 4. The zero-order valence-electron chi connectivity index (χ0n) is 20.1. The molecule has 1 aliphatic heterocycles. The molecule has 2 aromatic rings. The van der Waals surface area contributed by atoms with Crippen molar-refractivity contribution in [2.24, 2.45) is 23.5 Å². The third-order valence-corrected chi connectivity index (χ3v) is 7.65. The smallest absolute Gasteiger partial charge is 0.309 e. The van der Waals surface area contributed by atoms with Gasteiger partial charge in [-0.05, 0) is 50.2 Å². The Morgan fingerprint density at radius 3 is 2.83 bits per heavy atom. The SMILES string of the molecule is CCN1C(=O)C(N)CCc2c1ccc(Nc1ncc(Cl)c(N[C@H]3[C@@H](C(=O)O)[C@@H]4C=C[C@H]3C4)n1)c2OC. The van der Waals surface area contributed by atoms with E-state index in [9.17, 15) is 14.7 Å². The quantitative estimate of drug-likeness (QED) is 0.411. The van der Waals surface area contributed by atoms with Crippen molar-refractivity contribution in [2.45, 2.75) is 38.3 Å². The molecule has 0 saturated heterocycles. The Kier molecular flexibility index (Phi) is 6.48. The first-order valence-electron chi connectivity index (χ1n) is 12.1. The van der Waals surface area contributed by atoms with Crippen LogP contribution in [0, 0.1) is 17.8 Å². The number of nitrogens with zero attached hydrogens (tertiary/aromatic N) is 3. The normalized spacial score (nSPS) is 26.5. The van der Waals surface area contributed by atoms with Gasteiger partial charge in [-0.3, -0.25) is 9.59 Å². The molecule has 1 aromatic carbocycles. The van der Waals surface area contributed by atoms with Crippen LogP contribution in [0.4, 0.5) is 23.1 Å². The molecule has 2 bridgehead atoms. The number of amides is 1. The number of hydrogen-bond donors (Lipinski definition) is 4. The van der Waals surface area contributed by atoms with Crippen LogP contribution in [0.5, 0.6) is 5.75 Å². The second-order valence-electron chi connectivity index (χ2n) is 9.37. The Labute approximate surface area is 213 Å². The molecule has 36 heavy (non-hydrogen) atoms. The molecule has 11 heteroatoms. The van der Waals surface area contributed by atoms with Gasteiger partial charge in [-0.1, -0.05) is 23.8 Å². The largest absolute Gasteiger partial charge is 0.494 e. The number of nitrogens with two attached hydrogens (primary N) is 1. The molecular formula is C25H29ClN6O4. The van der Waals surface area contributed by atoms with Gasteiger partial charge in [0.2, 0.25) is 11.9 Å². The second-order valence-corrected chi connectivity index (χ2v) is 9.78. The van der Waals surface area contributed by atoms with Gasteiger partial charge in [0.15, 0.2) is 5.82 Å². The Balaban J connectivity index is 1.44. The van der Waals surface area contributed by atoms with E-state index in [1.54, 1.807) is 12.0 Å². The van der Waals surface area contributed by atoms with Crippen LogP contribution in [-0.4, -0.2) is 52.7 Å². The van der Waals surface area contributed by atoms with Crippen LogP contribution in [0.1, 0.15) is 25.3 Å². The number of carbonyl (C=O) groups excluding carboxylic acids is 1. The fourth-order valence-electron chi connectivity index (χ4n) is 5.67. The highest BCUT2D eigenvalue weighted by Gasteiger charge is 2.48. The van der Waals surface area contributed by atoms with E-state index in [-0.39, 0.29) is 29.7 Å². The van der Waals surface area contributed by atoms with Crippen molar-refractivity contribution in [1.82, 2.24) is 9.97 Å². The predicted octanol–water partition coefficient (Wildman–Crippen LogP) is 3.20. The van der Waals surface area contributed by atoms with Crippen molar-refractivity contribution < 1.29 is 19.4 Å². The van der Waals surface area contributed by atoms with Gasteiger partial charge in [0, 0.05) is 18.2 Å². The van der Waals surface area contributed by atoms with E-state index in [2.05, 4.69) is 26.7 Å². The van der Waals surface area contributed by atoms with Crippen molar-refractivity contribution in [1.29, 1.82) is 0 Å². The Bertz CT molecular complexity index is 1240. The van der Waals surface area contributed by atoms with Gasteiger partial charge in [-0.2, -0.15) is 4.98 Å². The zero-order valence-corrected chi connectivity index (χ0v) is 20.8. The molecule has 1 fully saturated rings. The van der Waals surface area contributed by atoms with Crippen molar-refractivity contribution >= 4 is 46.6 Å². The molecule has 5 rings (SSSR count). The molecule has 2 heterocycles. The van der Waals surface area contributed by atoms with Crippen molar-refractivity contribution in [3.05, 3.63) is 41.1 Å². The maximum atomic E-state index is 12.7. The molecule has 3 aliphatic rings. The molecule has 190 valence electrons. The van der Waals surface area contributed by atoms with Crippen molar-refractivity contribution in [3.8, 4) is 5.75 Å². The first-order chi connectivity index (χ1) is 17.3. The number of halogens is 1. The third-order valence-electron chi connectivity index (χ3n) is 7.37. The molecule has 10 nitrogen and oxygen atoms in total. The standard InChI is InChI=1S/C25H29ClN6O4/c1-3-32-18-9-8-17(21(36-2)14(18)6-7-16(27)23(32)33)29-25-28-11-15(26)22(31-25)30-20-13-5-4-12(10-13)19(20)24(34)35/h4-5,8-9,11-13,16,19-20H,3,6-7,10,27H2,1-2H3,(H,34,35)(H2,28,29,30,31)/t12-,13+,16?,19+,20-/m1/s1. The molecule has 1 saturated carbocycles. The number of likely N-dealkylation sites (N-methyl/N-ethyl adjacent to an activating group) is 1. The lowest BCUT2D eigenvalue weighted by atomic mass is 9.89. The number of methoxy groups -OCH3 is 1. The van der Waals surface area contributed by atoms with E-state index in [0.717, 1.165) is 17.7 Å². The molecule has 2 aliphatic carbocycles. The maximum absolute atomic E-state index is 12.7. The van der Waals surface area contributed by atoms with E-state index >= 15 is 0 Å². The van der Waals surface area contributed by atoms with E-state index in [0.29, 0.717) is 41.7 Å². The average Bonchev–Trinajstić information content (AvgIpc) is 3.44. The summed E-state index contributed by atoms with van der Waals surface area (Å²) >= 11 is 6.38. The highest BCUT2D eigenvalue weighted by atomic mass is 35.5. The van der Waals surface area contributed by atoms with E-state index in [1.165, 1.54) is 6.20 Å². The number of benzene rings is 1. The Hall–Kier alpha value is -3.37. The predicted molar refractivity (Wildman–Crippen MR) is 137 cm³/mol. The highest BCUT2D eigenvalue weighted by Crippen LogP contribution is 2.45. The molecule has 0 radical (unpaired) electrons. The molecule has 5 N–H and O–H groups in total. The lowest BCUT2D eigenvalue weighted by Crippen LogP contribution is -2.42. The van der Waals surface area contributed by atoms with Crippen LogP contribution in [0.25, 0.3) is 0 Å².